The number of rotatable bonds is 4. The van der Waals surface area contributed by atoms with E-state index in [2.05, 4.69) is 0 Å². The molecule has 2 rings (SSSR count). The Hall–Kier alpha value is -1.61. The summed E-state index contributed by atoms with van der Waals surface area (Å²) in [5, 5.41) is 2.00. The first-order chi connectivity index (χ1) is 8.18. The van der Waals surface area contributed by atoms with Gasteiger partial charge in [-0.1, -0.05) is 18.2 Å². The molecule has 0 saturated carbocycles. The monoisotopic (exact) mass is 245 g/mol. The van der Waals surface area contributed by atoms with Crippen LogP contribution in [-0.4, -0.2) is 19.9 Å². The minimum atomic E-state index is 0.178. The SMILES string of the molecule is CN(C)c1ccccc1C(=O)Cc1cccs1. The van der Waals surface area contributed by atoms with Gasteiger partial charge in [0.2, 0.25) is 0 Å². The van der Waals surface area contributed by atoms with Gasteiger partial charge in [-0.3, -0.25) is 4.79 Å². The van der Waals surface area contributed by atoms with Crippen LogP contribution in [0.1, 0.15) is 15.2 Å². The predicted molar refractivity (Wildman–Crippen MR) is 73.1 cm³/mol. The summed E-state index contributed by atoms with van der Waals surface area (Å²) >= 11 is 1.63. The highest BCUT2D eigenvalue weighted by molar-refractivity contribution is 7.10. The number of benzene rings is 1. The Kier molecular flexibility index (Phi) is 3.59. The van der Waals surface area contributed by atoms with Crippen LogP contribution in [0.15, 0.2) is 41.8 Å². The van der Waals surface area contributed by atoms with E-state index in [1.807, 2.05) is 60.8 Å². The third-order valence-corrected chi connectivity index (χ3v) is 3.48. The molecule has 0 amide bonds. The average molecular weight is 245 g/mol. The molecular weight excluding hydrogens is 230 g/mol. The van der Waals surface area contributed by atoms with Gasteiger partial charge < -0.3 is 4.90 Å². The van der Waals surface area contributed by atoms with E-state index in [0.29, 0.717) is 6.42 Å². The fourth-order valence-corrected chi connectivity index (χ4v) is 2.47. The van der Waals surface area contributed by atoms with Crippen LogP contribution in [0.25, 0.3) is 0 Å². The van der Waals surface area contributed by atoms with Crippen molar-refractivity contribution in [3.63, 3.8) is 0 Å². The molecule has 0 unspecified atom stereocenters. The van der Waals surface area contributed by atoms with E-state index < -0.39 is 0 Å². The number of hydrogen-bond donors (Lipinski definition) is 0. The van der Waals surface area contributed by atoms with Crippen molar-refractivity contribution in [3.05, 3.63) is 52.2 Å². The van der Waals surface area contributed by atoms with Crippen molar-refractivity contribution in [2.75, 3.05) is 19.0 Å². The predicted octanol–water partition coefficient (Wildman–Crippen LogP) is 3.24. The Morgan fingerprint density at radius 3 is 2.59 bits per heavy atom. The second-order valence-electron chi connectivity index (χ2n) is 4.09. The molecule has 1 aromatic carbocycles. The van der Waals surface area contributed by atoms with Gasteiger partial charge in [0.15, 0.2) is 5.78 Å². The Morgan fingerprint density at radius 1 is 1.18 bits per heavy atom. The fraction of sp³-hybridized carbons (Fsp3) is 0.214. The van der Waals surface area contributed by atoms with Gasteiger partial charge in [-0.25, -0.2) is 0 Å². The minimum absolute atomic E-state index is 0.178. The molecule has 2 nitrogen and oxygen atoms in total. The maximum Gasteiger partial charge on any atom is 0.170 e. The number of hydrogen-bond acceptors (Lipinski definition) is 3. The van der Waals surface area contributed by atoms with E-state index in [1.54, 1.807) is 11.3 Å². The van der Waals surface area contributed by atoms with Crippen molar-refractivity contribution in [2.24, 2.45) is 0 Å². The van der Waals surface area contributed by atoms with Gasteiger partial charge in [0.25, 0.3) is 0 Å². The summed E-state index contributed by atoms with van der Waals surface area (Å²) in [5.74, 6) is 0.178. The molecule has 0 aliphatic heterocycles. The first-order valence-corrected chi connectivity index (χ1v) is 6.38. The van der Waals surface area contributed by atoms with E-state index in [9.17, 15) is 4.79 Å². The highest BCUT2D eigenvalue weighted by Gasteiger charge is 2.12. The summed E-state index contributed by atoms with van der Waals surface area (Å²) < 4.78 is 0. The second kappa shape index (κ2) is 5.15. The smallest absolute Gasteiger partial charge is 0.170 e. The number of Topliss-reactive ketones (excluding diaryl/α,β-unsaturated/α-hetero) is 1. The summed E-state index contributed by atoms with van der Waals surface area (Å²) in [6, 6.07) is 11.7. The van der Waals surface area contributed by atoms with Crippen LogP contribution in [0.4, 0.5) is 5.69 Å². The summed E-state index contributed by atoms with van der Waals surface area (Å²) in [6.45, 7) is 0. The zero-order chi connectivity index (χ0) is 12.3. The number of ketones is 1. The van der Waals surface area contributed by atoms with E-state index >= 15 is 0 Å². The maximum absolute atomic E-state index is 12.2. The quantitative estimate of drug-likeness (QED) is 0.771. The molecule has 0 spiro atoms. The molecule has 0 saturated heterocycles. The highest BCUT2D eigenvalue weighted by Crippen LogP contribution is 2.21. The number of carbonyl (C=O) groups excluding carboxylic acids is 1. The van der Waals surface area contributed by atoms with Crippen LogP contribution in [0.5, 0.6) is 0 Å². The first-order valence-electron chi connectivity index (χ1n) is 5.50. The van der Waals surface area contributed by atoms with E-state index in [4.69, 9.17) is 0 Å². The Morgan fingerprint density at radius 2 is 1.94 bits per heavy atom. The molecule has 2 aromatic rings. The number of carbonyl (C=O) groups is 1. The lowest BCUT2D eigenvalue weighted by atomic mass is 10.0. The number of nitrogens with zero attached hydrogens (tertiary/aromatic N) is 1. The molecule has 17 heavy (non-hydrogen) atoms. The summed E-state index contributed by atoms with van der Waals surface area (Å²) in [5.41, 5.74) is 1.78. The Bertz CT molecular complexity index is 503. The molecule has 0 fully saturated rings. The molecule has 0 radical (unpaired) electrons. The Balaban J connectivity index is 2.25. The molecule has 3 heteroatoms. The van der Waals surface area contributed by atoms with Crippen LogP contribution >= 0.6 is 11.3 Å². The van der Waals surface area contributed by atoms with E-state index in [-0.39, 0.29) is 5.78 Å². The van der Waals surface area contributed by atoms with Crippen molar-refractivity contribution in [1.82, 2.24) is 0 Å². The number of para-hydroxylation sites is 1. The molecule has 1 aromatic heterocycles. The van der Waals surface area contributed by atoms with Crippen molar-refractivity contribution >= 4 is 22.8 Å². The lowest BCUT2D eigenvalue weighted by Crippen LogP contribution is -2.14. The van der Waals surface area contributed by atoms with Crippen molar-refractivity contribution in [3.8, 4) is 0 Å². The summed E-state index contributed by atoms with van der Waals surface area (Å²) in [4.78, 5) is 15.3. The molecule has 88 valence electrons. The number of thiophene rings is 1. The van der Waals surface area contributed by atoms with E-state index in [0.717, 1.165) is 16.1 Å². The third kappa shape index (κ3) is 2.74. The molecule has 1 heterocycles. The zero-order valence-electron chi connectivity index (χ0n) is 10.0. The van der Waals surface area contributed by atoms with Gasteiger partial charge >= 0.3 is 0 Å². The third-order valence-electron chi connectivity index (χ3n) is 2.60. The zero-order valence-corrected chi connectivity index (χ0v) is 10.8. The summed E-state index contributed by atoms with van der Waals surface area (Å²) in [6.07, 6.45) is 0.489. The first kappa shape index (κ1) is 11.9. The average Bonchev–Trinajstić information content (AvgIpc) is 2.81. The van der Waals surface area contributed by atoms with Gasteiger partial charge in [-0.2, -0.15) is 0 Å². The van der Waals surface area contributed by atoms with Gasteiger partial charge in [0.05, 0.1) is 0 Å². The second-order valence-corrected chi connectivity index (χ2v) is 5.12. The fourth-order valence-electron chi connectivity index (χ4n) is 1.77. The summed E-state index contributed by atoms with van der Waals surface area (Å²) in [7, 11) is 3.91. The molecule has 0 N–H and O–H groups in total. The van der Waals surface area contributed by atoms with Crippen molar-refractivity contribution in [2.45, 2.75) is 6.42 Å². The largest absolute Gasteiger partial charge is 0.377 e. The van der Waals surface area contributed by atoms with Crippen LogP contribution < -0.4 is 4.90 Å². The van der Waals surface area contributed by atoms with Crippen LogP contribution in [0.2, 0.25) is 0 Å². The van der Waals surface area contributed by atoms with Gasteiger partial charge in [-0.05, 0) is 23.6 Å². The normalized spacial score (nSPS) is 10.2. The highest BCUT2D eigenvalue weighted by atomic mass is 32.1. The molecule has 0 bridgehead atoms. The van der Waals surface area contributed by atoms with Gasteiger partial charge in [-0.15, -0.1) is 11.3 Å². The van der Waals surface area contributed by atoms with Crippen LogP contribution in [0.3, 0.4) is 0 Å². The minimum Gasteiger partial charge on any atom is -0.377 e. The lowest BCUT2D eigenvalue weighted by Gasteiger charge is -2.16. The maximum atomic E-state index is 12.2. The van der Waals surface area contributed by atoms with Crippen molar-refractivity contribution < 1.29 is 4.79 Å². The van der Waals surface area contributed by atoms with Gasteiger partial charge in [0, 0.05) is 36.6 Å². The van der Waals surface area contributed by atoms with Crippen LogP contribution in [0, 0.1) is 0 Å². The molecule has 0 atom stereocenters. The Labute approximate surface area is 106 Å². The molecule has 0 aliphatic rings. The van der Waals surface area contributed by atoms with Crippen LogP contribution in [-0.2, 0) is 6.42 Å². The van der Waals surface area contributed by atoms with Gasteiger partial charge in [0.1, 0.15) is 0 Å². The topological polar surface area (TPSA) is 20.3 Å². The molecular formula is C14H15NOS. The number of anilines is 1. The lowest BCUT2D eigenvalue weighted by molar-refractivity contribution is 0.0994. The van der Waals surface area contributed by atoms with E-state index in [1.165, 1.54) is 0 Å². The standard InChI is InChI=1S/C14H15NOS/c1-15(2)13-8-4-3-7-12(13)14(16)10-11-6-5-9-17-11/h3-9H,10H2,1-2H3. The molecule has 0 aliphatic carbocycles. The van der Waals surface area contributed by atoms with Crippen molar-refractivity contribution in [1.29, 1.82) is 0 Å².